The third-order valence-corrected chi connectivity index (χ3v) is 5.88. The van der Waals surface area contributed by atoms with Crippen LogP contribution in [-0.2, 0) is 6.42 Å². The van der Waals surface area contributed by atoms with E-state index in [2.05, 4.69) is 26.6 Å². The molecular formula is C29H26BrF2N3O2. The summed E-state index contributed by atoms with van der Waals surface area (Å²) in [5.74, 6) is -2.95. The first kappa shape index (κ1) is 27.5. The van der Waals surface area contributed by atoms with Crippen LogP contribution < -0.4 is 16.4 Å². The van der Waals surface area contributed by atoms with Gasteiger partial charge in [-0.2, -0.15) is 0 Å². The van der Waals surface area contributed by atoms with Gasteiger partial charge in [-0.15, -0.1) is 0 Å². The second-order valence-corrected chi connectivity index (χ2v) is 9.01. The van der Waals surface area contributed by atoms with Gasteiger partial charge >= 0.3 is 0 Å². The normalized spacial score (nSPS) is 10.2. The van der Waals surface area contributed by atoms with Crippen molar-refractivity contribution >= 4 is 39.1 Å². The molecule has 5 nitrogen and oxygen atoms in total. The summed E-state index contributed by atoms with van der Waals surface area (Å²) in [6.07, 6.45) is 0.644. The first-order valence-corrected chi connectivity index (χ1v) is 12.2. The Balaban J connectivity index is 0.000000356. The highest BCUT2D eigenvalue weighted by Gasteiger charge is 2.19. The standard InChI is InChI=1S/C22H19BrF2N2O.C7H7NO/c1-14-13-16(23)7-10-19(14)27-21-17(8-9-18(24)20(21)25)22(28)26-12-11-15-5-3-2-4-6-15;8-7(9)6-4-2-1-3-5-6/h2-10,13,27H,11-12H2,1H3,(H,26,28);1-5H,(H2,8,9). The summed E-state index contributed by atoms with van der Waals surface area (Å²) in [6, 6.07) is 26.1. The zero-order valence-corrected chi connectivity index (χ0v) is 21.7. The Morgan fingerprint density at radius 2 is 1.54 bits per heavy atom. The summed E-state index contributed by atoms with van der Waals surface area (Å²) in [5, 5.41) is 5.64. The maximum atomic E-state index is 14.5. The molecule has 0 aromatic heterocycles. The Kier molecular flexibility index (Phi) is 9.92. The van der Waals surface area contributed by atoms with Gasteiger partial charge in [-0.25, -0.2) is 8.78 Å². The van der Waals surface area contributed by atoms with Crippen LogP contribution in [0.1, 0.15) is 31.8 Å². The number of benzene rings is 4. The molecule has 0 atom stereocenters. The van der Waals surface area contributed by atoms with Gasteiger partial charge < -0.3 is 16.4 Å². The molecule has 2 amide bonds. The monoisotopic (exact) mass is 565 g/mol. The Hall–Kier alpha value is -4.04. The minimum atomic E-state index is -1.09. The van der Waals surface area contributed by atoms with E-state index in [1.807, 2.05) is 49.4 Å². The minimum absolute atomic E-state index is 0.0503. The Labute approximate surface area is 222 Å². The van der Waals surface area contributed by atoms with Gasteiger partial charge in [0, 0.05) is 22.3 Å². The van der Waals surface area contributed by atoms with Gasteiger partial charge in [0.15, 0.2) is 11.6 Å². The third-order valence-electron chi connectivity index (χ3n) is 5.39. The fourth-order valence-electron chi connectivity index (χ4n) is 3.43. The van der Waals surface area contributed by atoms with E-state index in [1.165, 1.54) is 6.07 Å². The molecule has 0 aliphatic carbocycles. The Bertz CT molecular complexity index is 1370. The lowest BCUT2D eigenvalue weighted by Gasteiger charge is -2.15. The highest BCUT2D eigenvalue weighted by atomic mass is 79.9. The number of amides is 2. The maximum Gasteiger partial charge on any atom is 0.253 e. The molecule has 0 heterocycles. The fraction of sp³-hybridized carbons (Fsp3) is 0.103. The predicted molar refractivity (Wildman–Crippen MR) is 146 cm³/mol. The first-order valence-electron chi connectivity index (χ1n) is 11.4. The lowest BCUT2D eigenvalue weighted by atomic mass is 10.1. The molecule has 0 aliphatic rings. The molecular weight excluding hydrogens is 540 g/mol. The van der Waals surface area contributed by atoms with Crippen molar-refractivity contribution in [3.8, 4) is 0 Å². The SMILES string of the molecule is Cc1cc(Br)ccc1Nc1c(C(=O)NCCc2ccccc2)ccc(F)c1F.NC(=O)c1ccccc1. The van der Waals surface area contributed by atoms with Crippen LogP contribution >= 0.6 is 15.9 Å². The number of primary amides is 1. The van der Waals surface area contributed by atoms with Gasteiger partial charge in [0.25, 0.3) is 5.91 Å². The lowest BCUT2D eigenvalue weighted by molar-refractivity contribution is 0.0953. The Morgan fingerprint density at radius 1 is 0.892 bits per heavy atom. The number of anilines is 2. The second-order valence-electron chi connectivity index (χ2n) is 8.09. The molecule has 4 aromatic rings. The molecule has 0 saturated carbocycles. The number of nitrogens with two attached hydrogens (primary N) is 1. The zero-order valence-electron chi connectivity index (χ0n) is 20.1. The summed E-state index contributed by atoms with van der Waals surface area (Å²) >= 11 is 3.37. The highest BCUT2D eigenvalue weighted by Crippen LogP contribution is 2.29. The number of halogens is 3. The average Bonchev–Trinajstić information content (AvgIpc) is 2.89. The van der Waals surface area contributed by atoms with Crippen molar-refractivity contribution < 1.29 is 18.4 Å². The molecule has 4 N–H and O–H groups in total. The molecule has 8 heteroatoms. The smallest absolute Gasteiger partial charge is 0.253 e. The number of aryl methyl sites for hydroxylation is 1. The largest absolute Gasteiger partial charge is 0.366 e. The average molecular weight is 566 g/mol. The van der Waals surface area contributed by atoms with Crippen LogP contribution in [0.15, 0.2) is 95.5 Å². The molecule has 0 saturated heterocycles. The van der Waals surface area contributed by atoms with E-state index in [0.29, 0.717) is 24.2 Å². The van der Waals surface area contributed by atoms with Crippen LogP contribution in [0.5, 0.6) is 0 Å². The number of hydrogen-bond donors (Lipinski definition) is 3. The van der Waals surface area contributed by atoms with Gasteiger partial charge in [-0.05, 0) is 66.9 Å². The van der Waals surface area contributed by atoms with Crippen molar-refractivity contribution in [3.05, 3.63) is 129 Å². The molecule has 0 spiro atoms. The third kappa shape index (κ3) is 7.98. The molecule has 0 radical (unpaired) electrons. The predicted octanol–water partition coefficient (Wildman–Crippen LogP) is 6.54. The molecule has 0 fully saturated rings. The number of rotatable bonds is 7. The maximum absolute atomic E-state index is 14.5. The lowest BCUT2D eigenvalue weighted by Crippen LogP contribution is -2.26. The van der Waals surface area contributed by atoms with Crippen molar-refractivity contribution in [1.29, 1.82) is 0 Å². The van der Waals surface area contributed by atoms with E-state index in [9.17, 15) is 18.4 Å². The minimum Gasteiger partial charge on any atom is -0.366 e. The number of carbonyl (C=O) groups is 2. The van der Waals surface area contributed by atoms with Crippen LogP contribution in [0, 0.1) is 18.6 Å². The van der Waals surface area contributed by atoms with Gasteiger partial charge in [0.2, 0.25) is 5.91 Å². The topological polar surface area (TPSA) is 84.2 Å². The van der Waals surface area contributed by atoms with Crippen LogP contribution in [0.25, 0.3) is 0 Å². The summed E-state index contributed by atoms with van der Waals surface area (Å²) in [6.45, 7) is 2.22. The molecule has 4 aromatic carbocycles. The van der Waals surface area contributed by atoms with E-state index >= 15 is 0 Å². The molecule has 4 rings (SSSR count). The van der Waals surface area contributed by atoms with Crippen molar-refractivity contribution in [2.24, 2.45) is 5.73 Å². The van der Waals surface area contributed by atoms with Crippen molar-refractivity contribution in [1.82, 2.24) is 5.32 Å². The molecule has 37 heavy (non-hydrogen) atoms. The van der Waals surface area contributed by atoms with Crippen LogP contribution in [0.3, 0.4) is 0 Å². The quantitative estimate of drug-likeness (QED) is 0.238. The second kappa shape index (κ2) is 13.3. The van der Waals surface area contributed by atoms with Crippen LogP contribution in [-0.4, -0.2) is 18.4 Å². The highest BCUT2D eigenvalue weighted by molar-refractivity contribution is 9.10. The summed E-state index contributed by atoms with van der Waals surface area (Å²) in [4.78, 5) is 23.0. The number of nitrogens with one attached hydrogen (secondary N) is 2. The van der Waals surface area contributed by atoms with Crippen LogP contribution in [0.4, 0.5) is 20.2 Å². The van der Waals surface area contributed by atoms with E-state index in [-0.39, 0.29) is 17.2 Å². The first-order chi connectivity index (χ1) is 17.8. The molecule has 0 bridgehead atoms. The number of carbonyl (C=O) groups excluding carboxylic acids is 2. The van der Waals surface area contributed by atoms with Crippen molar-refractivity contribution in [3.63, 3.8) is 0 Å². The zero-order chi connectivity index (χ0) is 26.8. The summed E-state index contributed by atoms with van der Waals surface area (Å²) in [7, 11) is 0. The van der Waals surface area contributed by atoms with Gasteiger partial charge in [0.1, 0.15) is 0 Å². The summed E-state index contributed by atoms with van der Waals surface area (Å²) < 4.78 is 29.2. The number of hydrogen-bond acceptors (Lipinski definition) is 3. The fourth-order valence-corrected chi connectivity index (χ4v) is 3.90. The van der Waals surface area contributed by atoms with Gasteiger partial charge in [-0.1, -0.05) is 64.5 Å². The summed E-state index contributed by atoms with van der Waals surface area (Å²) in [5.41, 5.74) is 7.90. The Morgan fingerprint density at radius 3 is 2.14 bits per heavy atom. The van der Waals surface area contributed by atoms with E-state index in [1.54, 1.807) is 36.4 Å². The van der Waals surface area contributed by atoms with Crippen molar-refractivity contribution in [2.75, 3.05) is 11.9 Å². The van der Waals surface area contributed by atoms with Crippen molar-refractivity contribution in [2.45, 2.75) is 13.3 Å². The van der Waals surface area contributed by atoms with E-state index < -0.39 is 17.5 Å². The molecule has 0 unspecified atom stereocenters. The molecule has 0 aliphatic heterocycles. The van der Waals surface area contributed by atoms with E-state index in [0.717, 1.165) is 21.7 Å². The van der Waals surface area contributed by atoms with E-state index in [4.69, 9.17) is 5.73 Å². The van der Waals surface area contributed by atoms with Crippen LogP contribution in [0.2, 0.25) is 0 Å². The van der Waals surface area contributed by atoms with Gasteiger partial charge in [-0.3, -0.25) is 9.59 Å². The molecule has 190 valence electrons. The van der Waals surface area contributed by atoms with Gasteiger partial charge in [0.05, 0.1) is 11.3 Å².